The van der Waals surface area contributed by atoms with Gasteiger partial charge < -0.3 is 9.84 Å². The van der Waals surface area contributed by atoms with Crippen LogP contribution in [-0.4, -0.2) is 28.5 Å². The number of hydrogen-bond acceptors (Lipinski definition) is 3. The summed E-state index contributed by atoms with van der Waals surface area (Å²) in [4.78, 5) is 21.5. The first-order chi connectivity index (χ1) is 8.63. The third-order valence-corrected chi connectivity index (χ3v) is 2.51. The number of methoxy groups -OCH3 is 1. The van der Waals surface area contributed by atoms with Crippen LogP contribution in [-0.2, 0) is 9.59 Å². The molecule has 0 aliphatic carbocycles. The van der Waals surface area contributed by atoms with Gasteiger partial charge >= 0.3 is 5.97 Å². The van der Waals surface area contributed by atoms with Crippen LogP contribution in [0.2, 0.25) is 0 Å². The molecule has 2 rings (SSSR count). The third kappa shape index (κ3) is 2.10. The van der Waals surface area contributed by atoms with Gasteiger partial charge in [-0.15, -0.1) is 0 Å². The summed E-state index contributed by atoms with van der Waals surface area (Å²) in [7, 11) is 1.51. The van der Waals surface area contributed by atoms with Gasteiger partial charge in [0.2, 0.25) is 0 Å². The molecule has 0 atom stereocenters. The largest absolute Gasteiger partial charge is 0.482 e. The fourth-order valence-corrected chi connectivity index (χ4v) is 1.67. The normalized spacial score (nSPS) is 10.9. The van der Waals surface area contributed by atoms with Gasteiger partial charge in [0, 0.05) is 23.7 Å². The van der Waals surface area contributed by atoms with E-state index in [4.69, 9.17) is 9.84 Å². The zero-order valence-corrected chi connectivity index (χ0v) is 9.66. The molecule has 5 heteroatoms. The van der Waals surface area contributed by atoms with Crippen molar-refractivity contribution >= 4 is 28.9 Å². The number of aliphatic carboxylic acids is 1. The number of carbonyl (C=O) groups is 2. The smallest absolute Gasteiger partial charge is 0.376 e. The van der Waals surface area contributed by atoms with Crippen molar-refractivity contribution in [2.24, 2.45) is 0 Å². The summed E-state index contributed by atoms with van der Waals surface area (Å²) >= 11 is 0. The highest BCUT2D eigenvalue weighted by Crippen LogP contribution is 2.25. The highest BCUT2D eigenvalue weighted by atomic mass is 16.5. The van der Waals surface area contributed by atoms with Crippen LogP contribution in [0.3, 0.4) is 0 Å². The maximum absolute atomic E-state index is 11.0. The van der Waals surface area contributed by atoms with E-state index in [9.17, 15) is 9.59 Å². The number of carboxylic acid groups (broad SMARTS) is 1. The molecule has 18 heavy (non-hydrogen) atoms. The van der Waals surface area contributed by atoms with Crippen LogP contribution in [0.1, 0.15) is 0 Å². The summed E-state index contributed by atoms with van der Waals surface area (Å²) in [6.45, 7) is 0. The highest BCUT2D eigenvalue weighted by molar-refractivity contribution is 6.38. The molecule has 0 bridgehead atoms. The number of nitrogens with zero attached hydrogens (tertiary/aromatic N) is 1. The lowest BCUT2D eigenvalue weighted by atomic mass is 10.2. The Morgan fingerprint density at radius 2 is 2.06 bits per heavy atom. The average molecular weight is 245 g/mol. The molecule has 0 unspecified atom stereocenters. The molecule has 0 aliphatic rings. The number of carbonyl (C=O) groups excluding carboxylic acids is 1. The van der Waals surface area contributed by atoms with Crippen molar-refractivity contribution in [1.82, 2.24) is 4.57 Å². The van der Waals surface area contributed by atoms with Crippen LogP contribution < -0.4 is 4.74 Å². The van der Waals surface area contributed by atoms with E-state index in [1.54, 1.807) is 4.57 Å². The predicted octanol–water partition coefficient (Wildman–Crippen LogP) is 1.77. The Bertz CT molecular complexity index is 639. The lowest BCUT2D eigenvalue weighted by Crippen LogP contribution is -2.08. The molecule has 1 heterocycles. The fraction of sp³-hybridized carbons (Fsp3) is 0.0769. The van der Waals surface area contributed by atoms with E-state index in [0.29, 0.717) is 5.88 Å². The van der Waals surface area contributed by atoms with Crippen LogP contribution in [0.5, 0.6) is 5.88 Å². The van der Waals surface area contributed by atoms with Crippen molar-refractivity contribution in [2.45, 2.75) is 0 Å². The van der Waals surface area contributed by atoms with E-state index in [0.717, 1.165) is 17.0 Å². The van der Waals surface area contributed by atoms with Crippen LogP contribution in [0.25, 0.3) is 17.1 Å². The van der Waals surface area contributed by atoms with Crippen molar-refractivity contribution in [2.75, 3.05) is 7.11 Å². The van der Waals surface area contributed by atoms with Crippen molar-refractivity contribution in [3.05, 3.63) is 36.4 Å². The predicted molar refractivity (Wildman–Crippen MR) is 66.5 cm³/mol. The lowest BCUT2D eigenvalue weighted by molar-refractivity contribution is -0.146. The van der Waals surface area contributed by atoms with Gasteiger partial charge in [-0.1, -0.05) is 18.2 Å². The van der Waals surface area contributed by atoms with Crippen molar-refractivity contribution in [3.8, 4) is 5.88 Å². The average Bonchev–Trinajstić information content (AvgIpc) is 2.73. The van der Waals surface area contributed by atoms with E-state index in [-0.39, 0.29) is 0 Å². The van der Waals surface area contributed by atoms with Crippen molar-refractivity contribution in [1.29, 1.82) is 0 Å². The monoisotopic (exact) mass is 245 g/mol. The van der Waals surface area contributed by atoms with E-state index in [2.05, 4.69) is 0 Å². The molecule has 0 saturated carbocycles. The molecule has 1 aromatic heterocycles. The molecule has 0 saturated heterocycles. The third-order valence-electron chi connectivity index (χ3n) is 2.51. The van der Waals surface area contributed by atoms with Gasteiger partial charge in [-0.3, -0.25) is 9.36 Å². The first-order valence-corrected chi connectivity index (χ1v) is 5.23. The number of benzene rings is 1. The number of fused-ring (bicyclic) bond motifs is 1. The Labute approximate surface area is 103 Å². The van der Waals surface area contributed by atoms with Gasteiger partial charge in [-0.25, -0.2) is 4.79 Å². The number of ether oxygens (including phenoxy) is 1. The quantitative estimate of drug-likeness (QED) is 0.658. The number of hydrogen-bond donors (Lipinski definition) is 1. The summed E-state index contributed by atoms with van der Waals surface area (Å²) in [6, 6.07) is 9.31. The molecular formula is C13H11NO4. The fourth-order valence-electron chi connectivity index (χ4n) is 1.67. The Balaban J connectivity index is 2.49. The summed E-state index contributed by atoms with van der Waals surface area (Å²) in [5.74, 6) is -1.93. The lowest BCUT2D eigenvalue weighted by Gasteiger charge is -2.02. The highest BCUT2D eigenvalue weighted by Gasteiger charge is 2.09. The Kier molecular flexibility index (Phi) is 3.14. The van der Waals surface area contributed by atoms with Crippen LogP contribution in [0.4, 0.5) is 0 Å². The van der Waals surface area contributed by atoms with Crippen LogP contribution in [0.15, 0.2) is 36.4 Å². The van der Waals surface area contributed by atoms with E-state index in [1.165, 1.54) is 13.3 Å². The van der Waals surface area contributed by atoms with Crippen molar-refractivity contribution < 1.29 is 19.4 Å². The molecule has 0 amide bonds. The molecule has 1 aromatic carbocycles. The van der Waals surface area contributed by atoms with E-state index < -0.39 is 11.8 Å². The molecule has 2 aromatic rings. The first-order valence-electron chi connectivity index (χ1n) is 5.23. The first kappa shape index (κ1) is 11.9. The number of carboxylic acids is 1. The Hall–Kier alpha value is -2.56. The zero-order chi connectivity index (χ0) is 13.1. The summed E-state index contributed by atoms with van der Waals surface area (Å²) < 4.78 is 6.80. The van der Waals surface area contributed by atoms with E-state index in [1.807, 2.05) is 30.3 Å². The number of aromatic nitrogens is 1. The number of ketones is 1. The second kappa shape index (κ2) is 4.75. The van der Waals surface area contributed by atoms with Crippen LogP contribution >= 0.6 is 0 Å². The molecular weight excluding hydrogens is 234 g/mol. The maximum atomic E-state index is 11.0. The van der Waals surface area contributed by atoms with Gasteiger partial charge in [0.1, 0.15) is 0 Å². The molecule has 5 nitrogen and oxygen atoms in total. The summed E-state index contributed by atoms with van der Waals surface area (Å²) in [5, 5.41) is 9.46. The molecule has 0 radical (unpaired) electrons. The molecule has 92 valence electrons. The minimum absolute atomic E-state index is 0.533. The van der Waals surface area contributed by atoms with Crippen molar-refractivity contribution in [3.63, 3.8) is 0 Å². The molecule has 0 fully saturated rings. The van der Waals surface area contributed by atoms with Gasteiger partial charge in [0.05, 0.1) is 12.6 Å². The summed E-state index contributed by atoms with van der Waals surface area (Å²) in [6.07, 6.45) is 2.38. The van der Waals surface area contributed by atoms with Gasteiger partial charge in [-0.2, -0.15) is 0 Å². The molecule has 0 spiro atoms. The number of para-hydroxylation sites is 1. The Morgan fingerprint density at radius 1 is 1.33 bits per heavy atom. The second-order valence-electron chi connectivity index (χ2n) is 3.60. The van der Waals surface area contributed by atoms with E-state index >= 15 is 0 Å². The zero-order valence-electron chi connectivity index (χ0n) is 9.66. The van der Waals surface area contributed by atoms with Gasteiger partial charge in [0.25, 0.3) is 5.78 Å². The van der Waals surface area contributed by atoms with Gasteiger partial charge in [-0.05, 0) is 6.07 Å². The minimum atomic E-state index is -1.48. The molecule has 0 aliphatic heterocycles. The summed E-state index contributed by atoms with van der Waals surface area (Å²) in [5.41, 5.74) is 0.837. The minimum Gasteiger partial charge on any atom is -0.482 e. The Morgan fingerprint density at radius 3 is 2.72 bits per heavy atom. The van der Waals surface area contributed by atoms with Gasteiger partial charge in [0.15, 0.2) is 5.88 Å². The maximum Gasteiger partial charge on any atom is 0.376 e. The molecule has 1 N–H and O–H groups in total. The SMILES string of the molecule is COc1cc2ccccc2n1/C=C/C(=O)C(=O)O. The second-order valence-corrected chi connectivity index (χ2v) is 3.60. The standard InChI is InChI=1S/C13H11NO4/c1-18-12-8-9-4-2-3-5-10(9)14(12)7-6-11(15)13(16)17/h2-8H,1H3,(H,16,17)/b7-6+. The number of rotatable bonds is 4. The van der Waals surface area contributed by atoms with Crippen LogP contribution in [0, 0.1) is 0 Å². The topological polar surface area (TPSA) is 68.5 Å².